The van der Waals surface area contributed by atoms with Crippen LogP contribution in [0.25, 0.3) is 11.3 Å². The molecule has 7 heteroatoms. The van der Waals surface area contributed by atoms with E-state index < -0.39 is 0 Å². The van der Waals surface area contributed by atoms with Gasteiger partial charge in [-0.05, 0) is 32.0 Å². The quantitative estimate of drug-likeness (QED) is 0.750. The second-order valence-electron chi connectivity index (χ2n) is 6.00. The number of nitrogens with one attached hydrogen (secondary N) is 2. The van der Waals surface area contributed by atoms with Gasteiger partial charge in [-0.15, -0.1) is 0 Å². The van der Waals surface area contributed by atoms with E-state index in [1.165, 1.54) is 18.2 Å². The number of hydrogen-bond donors (Lipinski definition) is 2. The maximum Gasteiger partial charge on any atom is 0.264 e. The van der Waals surface area contributed by atoms with Crippen molar-refractivity contribution in [2.24, 2.45) is 0 Å². The first kappa shape index (κ1) is 17.3. The average Bonchev–Trinajstić information content (AvgIpc) is 2.59. The van der Waals surface area contributed by atoms with Crippen molar-refractivity contribution in [2.45, 2.75) is 20.4 Å². The number of benzene rings is 1. The molecular formula is C19H18N4O3. The highest BCUT2D eigenvalue weighted by Crippen LogP contribution is 2.19. The highest BCUT2D eigenvalue weighted by atomic mass is 16.2. The van der Waals surface area contributed by atoms with Gasteiger partial charge in [0.25, 0.3) is 5.56 Å². The Kier molecular flexibility index (Phi) is 4.79. The fourth-order valence-corrected chi connectivity index (χ4v) is 2.74. The molecule has 132 valence electrons. The van der Waals surface area contributed by atoms with Gasteiger partial charge < -0.3 is 9.88 Å². The maximum atomic E-state index is 12.4. The molecule has 7 nitrogen and oxygen atoms in total. The number of aromatic amines is 1. The molecule has 0 fully saturated rings. The average molecular weight is 350 g/mol. The van der Waals surface area contributed by atoms with Crippen molar-refractivity contribution in [2.75, 3.05) is 5.32 Å². The third-order valence-corrected chi connectivity index (χ3v) is 3.98. The third kappa shape index (κ3) is 3.94. The zero-order valence-electron chi connectivity index (χ0n) is 14.4. The van der Waals surface area contributed by atoms with E-state index in [1.54, 1.807) is 42.7 Å². The van der Waals surface area contributed by atoms with Crippen LogP contribution in [0.3, 0.4) is 0 Å². The summed E-state index contributed by atoms with van der Waals surface area (Å²) < 4.78 is 1.78. The summed E-state index contributed by atoms with van der Waals surface area (Å²) in [4.78, 5) is 35.0. The molecule has 0 aliphatic heterocycles. The molecule has 0 aliphatic carbocycles. The van der Waals surface area contributed by atoms with Crippen molar-refractivity contribution in [3.05, 3.63) is 80.5 Å². The van der Waals surface area contributed by atoms with E-state index in [9.17, 15) is 14.4 Å². The molecule has 1 amide bonds. The van der Waals surface area contributed by atoms with E-state index in [0.717, 1.165) is 17.0 Å². The minimum Gasteiger partial charge on any atom is -0.340 e. The molecule has 2 N–H and O–H groups in total. The number of amides is 1. The first-order chi connectivity index (χ1) is 12.4. The Bertz CT molecular complexity index is 1040. The molecule has 0 aliphatic rings. The normalized spacial score (nSPS) is 10.5. The van der Waals surface area contributed by atoms with Crippen LogP contribution >= 0.6 is 0 Å². The smallest absolute Gasteiger partial charge is 0.264 e. The zero-order valence-corrected chi connectivity index (χ0v) is 14.4. The third-order valence-electron chi connectivity index (χ3n) is 3.98. The molecule has 0 saturated carbocycles. The van der Waals surface area contributed by atoms with Crippen LogP contribution in [0.4, 0.5) is 5.69 Å². The Morgan fingerprint density at radius 3 is 2.46 bits per heavy atom. The van der Waals surface area contributed by atoms with Crippen LogP contribution in [0.15, 0.2) is 58.1 Å². The van der Waals surface area contributed by atoms with Crippen molar-refractivity contribution >= 4 is 11.6 Å². The summed E-state index contributed by atoms with van der Waals surface area (Å²) >= 11 is 0. The lowest BCUT2D eigenvalue weighted by atomic mass is 10.1. The lowest BCUT2D eigenvalue weighted by molar-refractivity contribution is -0.116. The Morgan fingerprint density at radius 2 is 1.81 bits per heavy atom. The molecular weight excluding hydrogens is 332 g/mol. The van der Waals surface area contributed by atoms with Crippen molar-refractivity contribution in [3.8, 4) is 11.3 Å². The second kappa shape index (κ2) is 7.18. The largest absolute Gasteiger partial charge is 0.340 e. The van der Waals surface area contributed by atoms with E-state index in [0.29, 0.717) is 11.4 Å². The maximum absolute atomic E-state index is 12.4. The molecule has 26 heavy (non-hydrogen) atoms. The van der Waals surface area contributed by atoms with Crippen molar-refractivity contribution in [1.82, 2.24) is 14.8 Å². The number of carbonyl (C=O) groups excluding carboxylic acids is 1. The zero-order chi connectivity index (χ0) is 18.7. The van der Waals surface area contributed by atoms with Gasteiger partial charge >= 0.3 is 0 Å². The molecule has 3 rings (SSSR count). The number of aryl methyl sites for hydroxylation is 2. The lowest BCUT2D eigenvalue weighted by Gasteiger charge is -2.14. The van der Waals surface area contributed by atoms with Gasteiger partial charge in [-0.3, -0.25) is 14.4 Å². The minimum atomic E-state index is -0.273. The van der Waals surface area contributed by atoms with Gasteiger partial charge in [0.2, 0.25) is 5.91 Å². The molecule has 2 aromatic heterocycles. The lowest BCUT2D eigenvalue weighted by Crippen LogP contribution is -2.23. The number of hydrogen-bond acceptors (Lipinski definition) is 4. The molecule has 0 bridgehead atoms. The van der Waals surface area contributed by atoms with Crippen LogP contribution in [0, 0.1) is 13.8 Å². The highest BCUT2D eigenvalue weighted by Gasteiger charge is 2.09. The van der Waals surface area contributed by atoms with E-state index in [2.05, 4.69) is 15.5 Å². The van der Waals surface area contributed by atoms with Crippen molar-refractivity contribution in [3.63, 3.8) is 0 Å². The fourth-order valence-electron chi connectivity index (χ4n) is 2.74. The molecule has 1 aromatic carbocycles. The molecule has 0 atom stereocenters. The van der Waals surface area contributed by atoms with Gasteiger partial charge in [0.05, 0.1) is 5.69 Å². The summed E-state index contributed by atoms with van der Waals surface area (Å²) in [6.07, 6.45) is 0. The molecule has 0 spiro atoms. The first-order valence-electron chi connectivity index (χ1n) is 8.06. The topological polar surface area (TPSA) is 96.9 Å². The van der Waals surface area contributed by atoms with Gasteiger partial charge in [-0.2, -0.15) is 5.10 Å². The van der Waals surface area contributed by atoms with Crippen LogP contribution in [0.1, 0.15) is 11.4 Å². The number of anilines is 1. The predicted molar refractivity (Wildman–Crippen MR) is 99.1 cm³/mol. The molecule has 3 aromatic rings. The summed E-state index contributed by atoms with van der Waals surface area (Å²) in [6, 6.07) is 13.2. The number of rotatable bonds is 4. The molecule has 0 saturated heterocycles. The second-order valence-corrected chi connectivity index (χ2v) is 6.00. The summed E-state index contributed by atoms with van der Waals surface area (Å²) in [7, 11) is 0. The number of pyridine rings is 1. The summed E-state index contributed by atoms with van der Waals surface area (Å²) in [5, 5.41) is 9.21. The summed E-state index contributed by atoms with van der Waals surface area (Å²) in [5.41, 5.74) is 3.12. The summed E-state index contributed by atoms with van der Waals surface area (Å²) in [5.74, 6) is -0.202. The monoisotopic (exact) mass is 350 g/mol. The fraction of sp³-hybridized carbons (Fsp3) is 0.158. The van der Waals surface area contributed by atoms with Gasteiger partial charge in [-0.25, -0.2) is 5.10 Å². The molecule has 0 radical (unpaired) electrons. The van der Waals surface area contributed by atoms with Gasteiger partial charge in [-0.1, -0.05) is 12.1 Å². The van der Waals surface area contributed by atoms with E-state index in [-0.39, 0.29) is 23.4 Å². The predicted octanol–water partition coefficient (Wildman–Crippen LogP) is 1.85. The van der Waals surface area contributed by atoms with Crippen LogP contribution in [0.2, 0.25) is 0 Å². The number of carbonyl (C=O) groups is 1. The van der Waals surface area contributed by atoms with Crippen LogP contribution in [0.5, 0.6) is 0 Å². The number of nitrogens with zero attached hydrogens (tertiary/aromatic N) is 2. The van der Waals surface area contributed by atoms with Gasteiger partial charge in [0.1, 0.15) is 6.54 Å². The molecule has 2 heterocycles. The Morgan fingerprint density at radius 1 is 1.08 bits per heavy atom. The van der Waals surface area contributed by atoms with Crippen LogP contribution < -0.4 is 16.3 Å². The Balaban J connectivity index is 1.78. The summed E-state index contributed by atoms with van der Waals surface area (Å²) in [6.45, 7) is 3.70. The van der Waals surface area contributed by atoms with Gasteiger partial charge in [0, 0.05) is 40.8 Å². The SMILES string of the molecule is Cc1cc(=O)cc(C)n1CC(=O)Nc1cccc(-c2ccc(=O)[nH]n2)c1. The molecule has 0 unspecified atom stereocenters. The Hall–Kier alpha value is -3.48. The Labute approximate surface area is 149 Å². The minimum absolute atomic E-state index is 0.0715. The van der Waals surface area contributed by atoms with E-state index >= 15 is 0 Å². The van der Waals surface area contributed by atoms with Crippen molar-refractivity contribution in [1.29, 1.82) is 0 Å². The first-order valence-corrected chi connectivity index (χ1v) is 8.06. The number of H-pyrrole nitrogens is 1. The number of aromatic nitrogens is 3. The van der Waals surface area contributed by atoms with Crippen LogP contribution in [-0.4, -0.2) is 20.7 Å². The highest BCUT2D eigenvalue weighted by molar-refractivity contribution is 5.91. The standard InChI is InChI=1S/C19H18N4O3/c1-12-8-16(24)9-13(2)23(12)11-19(26)20-15-5-3-4-14(10-15)17-6-7-18(25)22-21-17/h3-10H,11H2,1-2H3,(H,20,26)(H,22,25). The van der Waals surface area contributed by atoms with Crippen LogP contribution in [-0.2, 0) is 11.3 Å². The van der Waals surface area contributed by atoms with Crippen molar-refractivity contribution < 1.29 is 4.79 Å². The van der Waals surface area contributed by atoms with Gasteiger partial charge in [0.15, 0.2) is 5.43 Å². The van der Waals surface area contributed by atoms with E-state index in [4.69, 9.17) is 0 Å². The van der Waals surface area contributed by atoms with E-state index in [1.807, 2.05) is 6.07 Å².